The van der Waals surface area contributed by atoms with Crippen LogP contribution in [0.5, 0.6) is 11.5 Å². The van der Waals surface area contributed by atoms with Crippen molar-refractivity contribution >= 4 is 5.97 Å². The van der Waals surface area contributed by atoms with Crippen molar-refractivity contribution in [1.29, 1.82) is 0 Å². The first-order valence-electron chi connectivity index (χ1n) is 7.27. The van der Waals surface area contributed by atoms with Crippen LogP contribution in [-0.2, 0) is 0 Å². The summed E-state index contributed by atoms with van der Waals surface area (Å²) >= 11 is 0. The van der Waals surface area contributed by atoms with Crippen molar-refractivity contribution in [3.05, 3.63) is 47.1 Å². The molecule has 1 aromatic rings. The maximum Gasteiger partial charge on any atom is 0.339 e. The molecule has 0 saturated heterocycles. The van der Waals surface area contributed by atoms with Crippen LogP contribution in [0.4, 0.5) is 0 Å². The third kappa shape index (κ3) is 6.04. The Bertz CT molecular complexity index is 566. The molecule has 0 radical (unpaired) electrons. The van der Waals surface area contributed by atoms with Gasteiger partial charge in [-0.25, -0.2) is 4.79 Å². The minimum absolute atomic E-state index is 0.128. The van der Waals surface area contributed by atoms with Crippen LogP contribution < -0.4 is 9.47 Å². The summed E-state index contributed by atoms with van der Waals surface area (Å²) < 4.78 is 10.7. The zero-order valence-corrected chi connectivity index (χ0v) is 13.7. The number of carboxylic acids is 1. The van der Waals surface area contributed by atoms with Gasteiger partial charge in [0.1, 0.15) is 23.7 Å². The number of carboxylic acid groups (broad SMARTS) is 1. The maximum atomic E-state index is 11.0. The van der Waals surface area contributed by atoms with Gasteiger partial charge in [0.2, 0.25) is 0 Å². The summed E-state index contributed by atoms with van der Waals surface area (Å²) in [6.07, 6.45) is 6.30. The van der Waals surface area contributed by atoms with Crippen molar-refractivity contribution in [2.45, 2.75) is 33.6 Å². The molecule has 0 spiro atoms. The predicted molar refractivity (Wildman–Crippen MR) is 87.9 cm³/mol. The Labute approximate surface area is 132 Å². The number of ether oxygens (including phenoxy) is 2. The molecule has 0 bridgehead atoms. The van der Waals surface area contributed by atoms with E-state index in [1.54, 1.807) is 12.1 Å². The lowest BCUT2D eigenvalue weighted by Crippen LogP contribution is -2.01. The maximum absolute atomic E-state index is 11.0. The van der Waals surface area contributed by atoms with Crippen molar-refractivity contribution < 1.29 is 19.4 Å². The van der Waals surface area contributed by atoms with Crippen LogP contribution in [0.2, 0.25) is 0 Å². The van der Waals surface area contributed by atoms with E-state index in [-0.39, 0.29) is 5.56 Å². The van der Waals surface area contributed by atoms with Gasteiger partial charge < -0.3 is 14.6 Å². The van der Waals surface area contributed by atoms with Gasteiger partial charge in [-0.1, -0.05) is 17.2 Å². The molecule has 120 valence electrons. The molecule has 1 N–H and O–H groups in total. The van der Waals surface area contributed by atoms with Crippen molar-refractivity contribution in [2.24, 2.45) is 0 Å². The van der Waals surface area contributed by atoms with E-state index in [1.807, 2.05) is 6.08 Å². The molecular formula is C18H24O4. The van der Waals surface area contributed by atoms with Gasteiger partial charge in [0.15, 0.2) is 0 Å². The van der Waals surface area contributed by atoms with Gasteiger partial charge >= 0.3 is 5.97 Å². The monoisotopic (exact) mass is 304 g/mol. The average molecular weight is 304 g/mol. The highest BCUT2D eigenvalue weighted by molar-refractivity contribution is 5.91. The molecule has 4 heteroatoms. The standard InChI is InChI=1S/C18H24O4/c1-13(2)6-5-7-14(3)10-11-22-15-8-9-16(18(19)20)17(12-15)21-4/h6,8-10,12H,5,7,11H2,1-4H3,(H,19,20). The topological polar surface area (TPSA) is 55.8 Å². The molecule has 0 unspecified atom stereocenters. The fourth-order valence-corrected chi connectivity index (χ4v) is 1.91. The number of benzene rings is 1. The number of carbonyl (C=O) groups is 1. The first-order valence-corrected chi connectivity index (χ1v) is 7.27. The first kappa shape index (κ1) is 17.8. The van der Waals surface area contributed by atoms with Crippen LogP contribution in [0.15, 0.2) is 41.5 Å². The van der Waals surface area contributed by atoms with E-state index >= 15 is 0 Å². The summed E-state index contributed by atoms with van der Waals surface area (Å²) in [6, 6.07) is 4.72. The van der Waals surface area contributed by atoms with Crippen molar-refractivity contribution in [3.63, 3.8) is 0 Å². The van der Waals surface area contributed by atoms with E-state index in [4.69, 9.17) is 14.6 Å². The van der Waals surface area contributed by atoms with E-state index in [0.717, 1.165) is 12.8 Å². The molecule has 0 aliphatic carbocycles. The Morgan fingerprint density at radius 3 is 2.55 bits per heavy atom. The second kappa shape index (κ2) is 8.93. The third-order valence-corrected chi connectivity index (χ3v) is 3.18. The van der Waals surface area contributed by atoms with E-state index in [1.165, 1.54) is 24.3 Å². The van der Waals surface area contributed by atoms with Gasteiger partial charge in [0, 0.05) is 6.07 Å². The second-order valence-corrected chi connectivity index (χ2v) is 5.35. The fourth-order valence-electron chi connectivity index (χ4n) is 1.91. The zero-order chi connectivity index (χ0) is 16.5. The van der Waals surface area contributed by atoms with E-state index < -0.39 is 5.97 Å². The quantitative estimate of drug-likeness (QED) is 0.720. The largest absolute Gasteiger partial charge is 0.496 e. The van der Waals surface area contributed by atoms with E-state index in [9.17, 15) is 4.79 Å². The Morgan fingerprint density at radius 1 is 1.23 bits per heavy atom. The van der Waals surface area contributed by atoms with Crippen molar-refractivity contribution in [2.75, 3.05) is 13.7 Å². The molecule has 0 heterocycles. The molecule has 0 atom stereocenters. The van der Waals surface area contributed by atoms with Crippen molar-refractivity contribution in [3.8, 4) is 11.5 Å². The van der Waals surface area contributed by atoms with Crippen LogP contribution >= 0.6 is 0 Å². The number of hydrogen-bond acceptors (Lipinski definition) is 3. The number of aromatic carboxylic acids is 1. The van der Waals surface area contributed by atoms with Crippen LogP contribution in [0.1, 0.15) is 44.0 Å². The predicted octanol–water partition coefficient (Wildman–Crippen LogP) is 4.46. The van der Waals surface area contributed by atoms with Gasteiger partial charge in [0.25, 0.3) is 0 Å². The number of rotatable bonds is 8. The zero-order valence-electron chi connectivity index (χ0n) is 13.7. The van der Waals surface area contributed by atoms with E-state index in [2.05, 4.69) is 26.8 Å². The molecule has 4 nitrogen and oxygen atoms in total. The Kier molecular flexibility index (Phi) is 7.23. The summed E-state index contributed by atoms with van der Waals surface area (Å²) in [6.45, 7) is 6.72. The minimum atomic E-state index is -1.02. The molecule has 0 aliphatic rings. The number of methoxy groups -OCH3 is 1. The van der Waals surface area contributed by atoms with Crippen LogP contribution in [0.3, 0.4) is 0 Å². The fraction of sp³-hybridized carbons (Fsp3) is 0.389. The number of allylic oxidation sites excluding steroid dienone is 3. The normalized spacial score (nSPS) is 11.0. The summed E-state index contributed by atoms with van der Waals surface area (Å²) in [5.74, 6) is -0.122. The second-order valence-electron chi connectivity index (χ2n) is 5.35. The summed E-state index contributed by atoms with van der Waals surface area (Å²) in [5, 5.41) is 9.02. The lowest BCUT2D eigenvalue weighted by atomic mass is 10.1. The highest BCUT2D eigenvalue weighted by Gasteiger charge is 2.11. The smallest absolute Gasteiger partial charge is 0.339 e. The molecular weight excluding hydrogens is 280 g/mol. The van der Waals surface area contributed by atoms with E-state index in [0.29, 0.717) is 18.1 Å². The minimum Gasteiger partial charge on any atom is -0.496 e. The van der Waals surface area contributed by atoms with Gasteiger partial charge in [-0.05, 0) is 51.8 Å². The summed E-state index contributed by atoms with van der Waals surface area (Å²) in [4.78, 5) is 11.0. The number of hydrogen-bond donors (Lipinski definition) is 1. The molecule has 1 aromatic carbocycles. The SMILES string of the molecule is COc1cc(OCC=C(C)CCC=C(C)C)ccc1C(=O)O. The van der Waals surface area contributed by atoms with Crippen LogP contribution in [0.25, 0.3) is 0 Å². The molecule has 0 amide bonds. The van der Waals surface area contributed by atoms with Gasteiger partial charge in [-0.3, -0.25) is 0 Å². The lowest BCUT2D eigenvalue weighted by molar-refractivity contribution is 0.0693. The van der Waals surface area contributed by atoms with Crippen LogP contribution in [0, 0.1) is 0 Å². The molecule has 0 saturated carbocycles. The summed E-state index contributed by atoms with van der Waals surface area (Å²) in [7, 11) is 1.44. The molecule has 0 aromatic heterocycles. The molecule has 1 rings (SSSR count). The highest BCUT2D eigenvalue weighted by atomic mass is 16.5. The first-order chi connectivity index (χ1) is 10.4. The molecule has 22 heavy (non-hydrogen) atoms. The average Bonchev–Trinajstić information content (AvgIpc) is 2.46. The van der Waals surface area contributed by atoms with Crippen molar-refractivity contribution in [1.82, 2.24) is 0 Å². The lowest BCUT2D eigenvalue weighted by Gasteiger charge is -2.09. The Balaban J connectivity index is 2.57. The van der Waals surface area contributed by atoms with Gasteiger partial charge in [0.05, 0.1) is 7.11 Å². The van der Waals surface area contributed by atoms with Gasteiger partial charge in [-0.2, -0.15) is 0 Å². The Hall–Kier alpha value is -2.23. The molecule has 0 fully saturated rings. The third-order valence-electron chi connectivity index (χ3n) is 3.18. The molecule has 0 aliphatic heterocycles. The highest BCUT2D eigenvalue weighted by Crippen LogP contribution is 2.24. The Morgan fingerprint density at radius 2 is 1.95 bits per heavy atom. The van der Waals surface area contributed by atoms with Gasteiger partial charge in [-0.15, -0.1) is 0 Å². The summed E-state index contributed by atoms with van der Waals surface area (Å²) in [5.41, 5.74) is 2.73. The van der Waals surface area contributed by atoms with Crippen LogP contribution in [-0.4, -0.2) is 24.8 Å².